The molecule has 0 heterocycles. The van der Waals surface area contributed by atoms with E-state index in [-0.39, 0.29) is 5.41 Å². The van der Waals surface area contributed by atoms with Crippen LogP contribution in [-0.2, 0) is 10.8 Å². The second kappa shape index (κ2) is 14.7. The van der Waals surface area contributed by atoms with Crippen molar-refractivity contribution in [2.45, 2.75) is 24.7 Å². The van der Waals surface area contributed by atoms with Crippen molar-refractivity contribution >= 4 is 34.1 Å². The molecule has 1 unspecified atom stereocenters. The van der Waals surface area contributed by atoms with Crippen LogP contribution >= 0.6 is 0 Å². The van der Waals surface area contributed by atoms with Crippen LogP contribution in [0, 0.1) is 0 Å². The van der Waals surface area contributed by atoms with Crippen LogP contribution in [0.1, 0.15) is 47.2 Å². The third-order valence-corrected chi connectivity index (χ3v) is 14.7. The molecule has 0 saturated heterocycles. The number of anilines is 6. The van der Waals surface area contributed by atoms with Gasteiger partial charge in [0.1, 0.15) is 0 Å². The van der Waals surface area contributed by atoms with Gasteiger partial charge in [0.2, 0.25) is 0 Å². The standard InChI is InChI=1S/C64H46N2/c1-63(2)56-30-16-12-29-52(56)55-40-46(36-39-57(55)63)66(62-33-19-15-26-49(62)43-20-6-3-7-21-43)48-35-38-54-51-28-14-18-32-59(51)64(61(54)42-48)58-31-17-13-27-50(58)53-37-34-47(41-60(53)64)65(44-22-8-4-9-23-44)45-24-10-5-11-25-45/h3-42H,1-2H3. The van der Waals surface area contributed by atoms with E-state index in [0.717, 1.165) is 34.1 Å². The van der Waals surface area contributed by atoms with E-state index in [1.807, 2.05) is 0 Å². The van der Waals surface area contributed by atoms with E-state index in [9.17, 15) is 0 Å². The lowest BCUT2D eigenvalue weighted by molar-refractivity contribution is 0.660. The molecule has 0 aliphatic heterocycles. The average Bonchev–Trinajstić information content (AvgIpc) is 3.93. The Labute approximate surface area is 387 Å². The summed E-state index contributed by atoms with van der Waals surface area (Å²) < 4.78 is 0. The van der Waals surface area contributed by atoms with Crippen molar-refractivity contribution in [3.05, 3.63) is 276 Å². The van der Waals surface area contributed by atoms with Gasteiger partial charge in [-0.3, -0.25) is 0 Å². The predicted molar refractivity (Wildman–Crippen MR) is 275 cm³/mol. The molecule has 0 fully saturated rings. The molecule has 3 aliphatic rings. The largest absolute Gasteiger partial charge is 0.310 e. The van der Waals surface area contributed by atoms with Crippen molar-refractivity contribution in [1.82, 2.24) is 0 Å². The van der Waals surface area contributed by atoms with E-state index in [1.165, 1.54) is 77.9 Å². The lowest BCUT2D eigenvalue weighted by Crippen LogP contribution is -2.26. The summed E-state index contributed by atoms with van der Waals surface area (Å²) in [5.41, 5.74) is 24.1. The van der Waals surface area contributed by atoms with Gasteiger partial charge in [-0.1, -0.05) is 190 Å². The zero-order chi connectivity index (χ0) is 44.0. The Morgan fingerprint density at radius 2 is 0.652 bits per heavy atom. The molecule has 2 heteroatoms. The van der Waals surface area contributed by atoms with Crippen molar-refractivity contribution in [2.24, 2.45) is 0 Å². The first kappa shape index (κ1) is 38.3. The topological polar surface area (TPSA) is 6.48 Å². The van der Waals surface area contributed by atoms with Gasteiger partial charge in [-0.25, -0.2) is 0 Å². The highest BCUT2D eigenvalue weighted by Crippen LogP contribution is 2.64. The Bertz CT molecular complexity index is 3460. The highest BCUT2D eigenvalue weighted by atomic mass is 15.1. The Morgan fingerprint density at radius 1 is 0.258 bits per heavy atom. The van der Waals surface area contributed by atoms with Crippen LogP contribution in [0.2, 0.25) is 0 Å². The van der Waals surface area contributed by atoms with Gasteiger partial charge in [0, 0.05) is 39.4 Å². The number of fused-ring (bicyclic) bond motifs is 13. The summed E-state index contributed by atoms with van der Waals surface area (Å²) in [6, 6.07) is 90.1. The van der Waals surface area contributed by atoms with Crippen molar-refractivity contribution in [2.75, 3.05) is 9.80 Å². The highest BCUT2D eigenvalue weighted by Gasteiger charge is 2.52. The zero-order valence-electron chi connectivity index (χ0n) is 37.0. The van der Waals surface area contributed by atoms with Gasteiger partial charge in [0.25, 0.3) is 0 Å². The zero-order valence-corrected chi connectivity index (χ0v) is 37.0. The Balaban J connectivity index is 1.08. The fraction of sp³-hybridized carbons (Fsp3) is 0.0625. The number of para-hydroxylation sites is 3. The molecule has 0 amide bonds. The first-order chi connectivity index (χ1) is 32.5. The van der Waals surface area contributed by atoms with E-state index in [4.69, 9.17) is 0 Å². The molecule has 10 aromatic rings. The summed E-state index contributed by atoms with van der Waals surface area (Å²) in [7, 11) is 0. The van der Waals surface area contributed by atoms with E-state index in [1.54, 1.807) is 0 Å². The minimum atomic E-state index is -0.575. The third kappa shape index (κ3) is 5.48. The molecule has 2 nitrogen and oxygen atoms in total. The third-order valence-electron chi connectivity index (χ3n) is 14.7. The van der Waals surface area contributed by atoms with E-state index >= 15 is 0 Å². The van der Waals surface area contributed by atoms with Gasteiger partial charge in [-0.15, -0.1) is 0 Å². The molecule has 66 heavy (non-hydrogen) atoms. The maximum atomic E-state index is 2.52. The molecule has 10 aromatic carbocycles. The molecule has 312 valence electrons. The van der Waals surface area contributed by atoms with Gasteiger partial charge in [-0.2, -0.15) is 0 Å². The van der Waals surface area contributed by atoms with E-state index in [0.29, 0.717) is 0 Å². The quantitative estimate of drug-likeness (QED) is 0.158. The fourth-order valence-corrected chi connectivity index (χ4v) is 11.8. The SMILES string of the molecule is CC1(C)c2ccccc2-c2cc(N(c3ccc4c(c3)C3(c5ccccc5-c5ccc(N(c6ccccc6)c6ccccc6)cc53)c3ccccc3-4)c3ccccc3-c3ccccc3)ccc21. The summed E-state index contributed by atoms with van der Waals surface area (Å²) >= 11 is 0. The molecular weight excluding hydrogens is 797 g/mol. The molecular formula is C64H46N2. The molecule has 0 radical (unpaired) electrons. The summed E-state index contributed by atoms with van der Waals surface area (Å²) in [6.07, 6.45) is 0. The molecule has 1 atom stereocenters. The van der Waals surface area contributed by atoms with Gasteiger partial charge in [0.05, 0.1) is 11.1 Å². The van der Waals surface area contributed by atoms with Crippen molar-refractivity contribution in [3.63, 3.8) is 0 Å². The maximum Gasteiger partial charge on any atom is 0.0727 e. The number of hydrogen-bond acceptors (Lipinski definition) is 2. The van der Waals surface area contributed by atoms with E-state index < -0.39 is 5.41 Å². The van der Waals surface area contributed by atoms with Gasteiger partial charge in [-0.05, 0) is 139 Å². The van der Waals surface area contributed by atoms with Gasteiger partial charge < -0.3 is 9.80 Å². The number of hydrogen-bond donors (Lipinski definition) is 0. The summed E-state index contributed by atoms with van der Waals surface area (Å²) in [5.74, 6) is 0. The second-order valence-corrected chi connectivity index (χ2v) is 18.4. The summed E-state index contributed by atoms with van der Waals surface area (Å²) in [4.78, 5) is 4.91. The predicted octanol–water partition coefficient (Wildman–Crippen LogP) is 16.9. The monoisotopic (exact) mass is 842 g/mol. The molecule has 0 aromatic heterocycles. The Kier molecular flexibility index (Phi) is 8.51. The smallest absolute Gasteiger partial charge is 0.0727 e. The first-order valence-electron chi connectivity index (χ1n) is 23.1. The fourth-order valence-electron chi connectivity index (χ4n) is 11.8. The van der Waals surface area contributed by atoms with Crippen LogP contribution < -0.4 is 9.80 Å². The van der Waals surface area contributed by atoms with Gasteiger partial charge >= 0.3 is 0 Å². The molecule has 1 spiro atoms. The van der Waals surface area contributed by atoms with Crippen LogP contribution in [0.25, 0.3) is 44.5 Å². The van der Waals surface area contributed by atoms with Crippen LogP contribution in [0.15, 0.2) is 243 Å². The summed E-state index contributed by atoms with van der Waals surface area (Å²) in [6.45, 7) is 4.72. The van der Waals surface area contributed by atoms with Crippen molar-refractivity contribution in [3.8, 4) is 44.5 Å². The van der Waals surface area contributed by atoms with Crippen LogP contribution in [0.4, 0.5) is 34.1 Å². The molecule has 0 saturated carbocycles. The lowest BCUT2D eigenvalue weighted by Gasteiger charge is -2.34. The van der Waals surface area contributed by atoms with Crippen molar-refractivity contribution < 1.29 is 0 Å². The molecule has 13 rings (SSSR count). The average molecular weight is 843 g/mol. The van der Waals surface area contributed by atoms with Crippen LogP contribution in [0.3, 0.4) is 0 Å². The second-order valence-electron chi connectivity index (χ2n) is 18.4. The minimum Gasteiger partial charge on any atom is -0.310 e. The number of nitrogens with zero attached hydrogens (tertiary/aromatic N) is 2. The van der Waals surface area contributed by atoms with Crippen LogP contribution in [-0.4, -0.2) is 0 Å². The number of rotatable bonds is 7. The highest BCUT2D eigenvalue weighted by molar-refractivity contribution is 5.99. The molecule has 0 bridgehead atoms. The first-order valence-corrected chi connectivity index (χ1v) is 23.1. The Morgan fingerprint density at radius 3 is 1.23 bits per heavy atom. The molecule has 3 aliphatic carbocycles. The minimum absolute atomic E-state index is 0.0956. The number of benzene rings is 10. The van der Waals surface area contributed by atoms with E-state index in [2.05, 4.69) is 266 Å². The lowest BCUT2D eigenvalue weighted by atomic mass is 9.70. The van der Waals surface area contributed by atoms with Crippen molar-refractivity contribution in [1.29, 1.82) is 0 Å². The normalized spacial score (nSPS) is 15.3. The molecule has 0 N–H and O–H groups in total. The van der Waals surface area contributed by atoms with Crippen LogP contribution in [0.5, 0.6) is 0 Å². The maximum absolute atomic E-state index is 2.52. The summed E-state index contributed by atoms with van der Waals surface area (Å²) in [5, 5.41) is 0. The van der Waals surface area contributed by atoms with Gasteiger partial charge in [0.15, 0.2) is 0 Å². The Hall–Kier alpha value is -8.20.